The highest BCUT2D eigenvalue weighted by atomic mass is 32.2. The van der Waals surface area contributed by atoms with E-state index in [0.29, 0.717) is 4.31 Å². The van der Waals surface area contributed by atoms with Crippen LogP contribution in [-0.4, -0.2) is 46.3 Å². The second-order valence-corrected chi connectivity index (χ2v) is 7.19. The zero-order valence-electron chi connectivity index (χ0n) is 10.2. The third-order valence-electron chi connectivity index (χ3n) is 2.32. The highest BCUT2D eigenvalue weighted by molar-refractivity contribution is 7.91. The van der Waals surface area contributed by atoms with Crippen LogP contribution in [0, 0.1) is 0 Å². The molecule has 0 spiro atoms. The van der Waals surface area contributed by atoms with Gasteiger partial charge in [-0.2, -0.15) is 4.31 Å². The van der Waals surface area contributed by atoms with E-state index in [1.165, 1.54) is 6.07 Å². The fraction of sp³-hybridized carbons (Fsp3) is 0.600. The Morgan fingerprint density at radius 3 is 2.67 bits per heavy atom. The zero-order chi connectivity index (χ0) is 13.8. The van der Waals surface area contributed by atoms with Crippen LogP contribution in [0.15, 0.2) is 16.3 Å². The van der Waals surface area contributed by atoms with Gasteiger partial charge in [-0.15, -0.1) is 11.3 Å². The number of halogens is 2. The van der Waals surface area contributed by atoms with Gasteiger partial charge in [-0.05, 0) is 32.1 Å². The average molecular weight is 298 g/mol. The van der Waals surface area contributed by atoms with Crippen LogP contribution >= 0.6 is 11.3 Å². The lowest BCUT2D eigenvalue weighted by molar-refractivity contribution is 0.126. The molecule has 0 fully saturated rings. The first-order valence-corrected chi connectivity index (χ1v) is 7.61. The van der Waals surface area contributed by atoms with Crippen LogP contribution in [0.2, 0.25) is 0 Å². The molecule has 0 amide bonds. The number of hydrogen-bond donors (Lipinski definition) is 1. The van der Waals surface area contributed by atoms with E-state index in [9.17, 15) is 17.2 Å². The van der Waals surface area contributed by atoms with Crippen LogP contribution in [0.1, 0.15) is 4.88 Å². The summed E-state index contributed by atoms with van der Waals surface area (Å²) in [5, 5.41) is 2.96. The summed E-state index contributed by atoms with van der Waals surface area (Å²) in [7, 11) is -0.818. The quantitative estimate of drug-likeness (QED) is 0.828. The molecule has 0 radical (unpaired) electrons. The molecule has 1 rings (SSSR count). The Morgan fingerprint density at radius 2 is 2.11 bits per heavy atom. The van der Waals surface area contributed by atoms with E-state index in [1.807, 2.05) is 7.05 Å². The molecule has 1 aromatic heterocycles. The van der Waals surface area contributed by atoms with Crippen molar-refractivity contribution in [3.05, 3.63) is 17.0 Å². The van der Waals surface area contributed by atoms with Crippen molar-refractivity contribution >= 4 is 21.4 Å². The second-order valence-electron chi connectivity index (χ2n) is 3.75. The number of sulfonamides is 1. The number of hydrogen-bond acceptors (Lipinski definition) is 4. The maximum atomic E-state index is 12.2. The first-order valence-electron chi connectivity index (χ1n) is 5.35. The topological polar surface area (TPSA) is 49.4 Å². The molecule has 0 aliphatic carbocycles. The molecule has 0 saturated heterocycles. The summed E-state index contributed by atoms with van der Waals surface area (Å²) in [5.41, 5.74) is 0. The largest absolute Gasteiger partial charge is 0.319 e. The van der Waals surface area contributed by atoms with Gasteiger partial charge in [-0.1, -0.05) is 0 Å². The van der Waals surface area contributed by atoms with E-state index in [1.54, 1.807) is 6.07 Å². The summed E-state index contributed by atoms with van der Waals surface area (Å²) < 4.78 is 49.1. The highest BCUT2D eigenvalue weighted by Gasteiger charge is 2.25. The van der Waals surface area contributed by atoms with Gasteiger partial charge in [0.15, 0.2) is 0 Å². The third-order valence-corrected chi connectivity index (χ3v) is 5.75. The molecule has 18 heavy (non-hydrogen) atoms. The van der Waals surface area contributed by atoms with Crippen LogP contribution in [0.25, 0.3) is 0 Å². The maximum Gasteiger partial charge on any atom is 0.252 e. The molecule has 0 unspecified atom stereocenters. The van der Waals surface area contributed by atoms with Crippen molar-refractivity contribution < 1.29 is 17.2 Å². The minimum Gasteiger partial charge on any atom is -0.319 e. The Kier molecular flexibility index (Phi) is 5.64. The van der Waals surface area contributed by atoms with Crippen LogP contribution in [0.5, 0.6) is 0 Å². The van der Waals surface area contributed by atoms with Crippen molar-refractivity contribution in [2.24, 2.45) is 0 Å². The summed E-state index contributed by atoms with van der Waals surface area (Å²) in [6.45, 7) is -0.0427. The van der Waals surface area contributed by atoms with E-state index in [4.69, 9.17) is 0 Å². The van der Waals surface area contributed by atoms with Crippen molar-refractivity contribution in [2.75, 3.05) is 27.2 Å². The van der Waals surface area contributed by atoms with Crippen molar-refractivity contribution in [3.63, 3.8) is 0 Å². The molecule has 0 bridgehead atoms. The van der Waals surface area contributed by atoms with Gasteiger partial charge in [-0.3, -0.25) is 0 Å². The summed E-state index contributed by atoms with van der Waals surface area (Å²) in [6, 6.07) is 3.18. The van der Waals surface area contributed by atoms with E-state index < -0.39 is 23.0 Å². The van der Waals surface area contributed by atoms with Crippen molar-refractivity contribution in [2.45, 2.75) is 17.1 Å². The first kappa shape index (κ1) is 15.5. The van der Waals surface area contributed by atoms with Gasteiger partial charge in [0, 0.05) is 11.9 Å². The van der Waals surface area contributed by atoms with Crippen LogP contribution in [0.3, 0.4) is 0 Å². The molecule has 0 atom stereocenters. The molecule has 0 aliphatic heterocycles. The number of thiophene rings is 1. The molecule has 4 nitrogen and oxygen atoms in total. The maximum absolute atomic E-state index is 12.2. The van der Waals surface area contributed by atoms with E-state index in [0.717, 1.165) is 36.2 Å². The fourth-order valence-corrected chi connectivity index (χ4v) is 4.04. The minimum atomic E-state index is -3.79. The summed E-state index contributed by atoms with van der Waals surface area (Å²) in [6.07, 6.45) is -1.96. The lowest BCUT2D eigenvalue weighted by Crippen LogP contribution is -2.30. The summed E-state index contributed by atoms with van der Waals surface area (Å²) in [4.78, 5) is 0.911. The third kappa shape index (κ3) is 3.98. The normalized spacial score (nSPS) is 12.6. The number of alkyl halides is 2. The molecule has 0 aliphatic rings. The van der Waals surface area contributed by atoms with E-state index in [2.05, 4.69) is 5.32 Å². The van der Waals surface area contributed by atoms with Crippen LogP contribution < -0.4 is 5.32 Å². The minimum absolute atomic E-state index is 0.108. The molecular weight excluding hydrogens is 282 g/mol. The SMILES string of the molecule is CNCCc1ccc(S(=O)(=O)N(C)CC(F)F)s1. The predicted molar refractivity (Wildman–Crippen MR) is 67.8 cm³/mol. The lowest BCUT2D eigenvalue weighted by atomic mass is 10.3. The number of nitrogens with zero attached hydrogens (tertiary/aromatic N) is 1. The monoisotopic (exact) mass is 298 g/mol. The Balaban J connectivity index is 2.81. The molecular formula is C10H16F2N2O2S2. The van der Waals surface area contributed by atoms with Gasteiger partial charge in [-0.25, -0.2) is 17.2 Å². The molecule has 8 heteroatoms. The van der Waals surface area contributed by atoms with Crippen LogP contribution in [-0.2, 0) is 16.4 Å². The van der Waals surface area contributed by atoms with Gasteiger partial charge in [0.25, 0.3) is 16.4 Å². The smallest absolute Gasteiger partial charge is 0.252 e. The second kappa shape index (κ2) is 6.55. The van der Waals surface area contributed by atoms with Crippen LogP contribution in [0.4, 0.5) is 8.78 Å². The molecule has 1 aromatic rings. The molecule has 0 aromatic carbocycles. The molecule has 0 saturated carbocycles. The number of nitrogens with one attached hydrogen (secondary N) is 1. The predicted octanol–water partition coefficient (Wildman–Crippen LogP) is 1.40. The summed E-state index contributed by atoms with van der Waals surface area (Å²) >= 11 is 1.12. The lowest BCUT2D eigenvalue weighted by Gasteiger charge is -2.14. The highest BCUT2D eigenvalue weighted by Crippen LogP contribution is 2.24. The Bertz CT molecular complexity index is 474. The summed E-state index contributed by atoms with van der Waals surface area (Å²) in [5.74, 6) is 0. The van der Waals surface area contributed by atoms with Gasteiger partial charge >= 0.3 is 0 Å². The zero-order valence-corrected chi connectivity index (χ0v) is 11.8. The van der Waals surface area contributed by atoms with Gasteiger partial charge in [0.2, 0.25) is 0 Å². The van der Waals surface area contributed by atoms with Crippen molar-refractivity contribution in [3.8, 4) is 0 Å². The van der Waals surface area contributed by atoms with E-state index in [-0.39, 0.29) is 4.21 Å². The van der Waals surface area contributed by atoms with Gasteiger partial charge in [0.05, 0.1) is 6.54 Å². The molecule has 104 valence electrons. The Hall–Kier alpha value is -0.570. The average Bonchev–Trinajstić information content (AvgIpc) is 2.74. The number of rotatable bonds is 7. The van der Waals surface area contributed by atoms with Gasteiger partial charge < -0.3 is 5.32 Å². The van der Waals surface area contributed by atoms with E-state index >= 15 is 0 Å². The Morgan fingerprint density at radius 1 is 1.44 bits per heavy atom. The molecule has 1 N–H and O–H groups in total. The standard InChI is InChI=1S/C10H16F2N2O2S2/c1-13-6-5-8-3-4-10(17-8)18(15,16)14(2)7-9(11)12/h3-4,9,13H,5-7H2,1-2H3. The van der Waals surface area contributed by atoms with Crippen molar-refractivity contribution in [1.29, 1.82) is 0 Å². The van der Waals surface area contributed by atoms with Crippen molar-refractivity contribution in [1.82, 2.24) is 9.62 Å². The fourth-order valence-electron chi connectivity index (χ4n) is 1.33. The molecule has 1 heterocycles. The van der Waals surface area contributed by atoms with Gasteiger partial charge in [0.1, 0.15) is 4.21 Å². The first-order chi connectivity index (χ1) is 8.37. The number of likely N-dealkylation sites (N-methyl/N-ethyl adjacent to an activating group) is 1. The Labute approximate surface area is 110 Å².